The topological polar surface area (TPSA) is 21.3 Å². The van der Waals surface area contributed by atoms with Crippen LogP contribution in [-0.4, -0.2) is 26.3 Å². The standard InChI is InChI=1S/C15H25NO/c1-4-11-16-15(12-17-3)10-9-14-7-5-13(2)6-8-14/h5-8,15-16H,4,9-12H2,1-3H3. The zero-order valence-corrected chi connectivity index (χ0v) is 11.3. The Kier molecular flexibility index (Phi) is 6.90. The molecule has 1 aromatic carbocycles. The molecule has 0 spiro atoms. The molecule has 17 heavy (non-hydrogen) atoms. The first-order chi connectivity index (χ1) is 8.26. The summed E-state index contributed by atoms with van der Waals surface area (Å²) in [6.07, 6.45) is 3.42. The number of hydrogen-bond donors (Lipinski definition) is 1. The third kappa shape index (κ3) is 5.85. The maximum atomic E-state index is 5.25. The molecule has 0 fully saturated rings. The molecule has 0 saturated carbocycles. The quantitative estimate of drug-likeness (QED) is 0.748. The van der Waals surface area contributed by atoms with Crippen molar-refractivity contribution in [1.29, 1.82) is 0 Å². The first-order valence-corrected chi connectivity index (χ1v) is 6.54. The van der Waals surface area contributed by atoms with Gasteiger partial charge in [0.1, 0.15) is 0 Å². The Hall–Kier alpha value is -0.860. The number of aryl methyl sites for hydroxylation is 2. The van der Waals surface area contributed by atoms with Gasteiger partial charge in [-0.3, -0.25) is 0 Å². The second-order valence-corrected chi connectivity index (χ2v) is 4.63. The molecule has 1 unspecified atom stereocenters. The lowest BCUT2D eigenvalue weighted by atomic mass is 10.0. The maximum Gasteiger partial charge on any atom is 0.0615 e. The van der Waals surface area contributed by atoms with Crippen molar-refractivity contribution < 1.29 is 4.74 Å². The van der Waals surface area contributed by atoms with Crippen LogP contribution >= 0.6 is 0 Å². The Labute approximate surface area is 105 Å². The van der Waals surface area contributed by atoms with Crippen LogP contribution in [0.4, 0.5) is 0 Å². The third-order valence-electron chi connectivity index (χ3n) is 2.95. The summed E-state index contributed by atoms with van der Waals surface area (Å²) in [5, 5.41) is 3.53. The lowest BCUT2D eigenvalue weighted by molar-refractivity contribution is 0.162. The molecule has 0 aliphatic heterocycles. The fourth-order valence-corrected chi connectivity index (χ4v) is 1.89. The highest BCUT2D eigenvalue weighted by atomic mass is 16.5. The summed E-state index contributed by atoms with van der Waals surface area (Å²) >= 11 is 0. The van der Waals surface area contributed by atoms with Crippen LogP contribution < -0.4 is 5.32 Å². The maximum absolute atomic E-state index is 5.25. The molecule has 1 aromatic rings. The number of nitrogens with one attached hydrogen (secondary N) is 1. The van der Waals surface area contributed by atoms with E-state index in [-0.39, 0.29) is 0 Å². The van der Waals surface area contributed by atoms with Gasteiger partial charge in [0.05, 0.1) is 6.61 Å². The van der Waals surface area contributed by atoms with E-state index < -0.39 is 0 Å². The predicted molar refractivity (Wildman–Crippen MR) is 73.5 cm³/mol. The fraction of sp³-hybridized carbons (Fsp3) is 0.600. The first-order valence-electron chi connectivity index (χ1n) is 6.54. The van der Waals surface area contributed by atoms with E-state index in [1.807, 2.05) is 0 Å². The molecule has 2 heteroatoms. The van der Waals surface area contributed by atoms with Crippen molar-refractivity contribution >= 4 is 0 Å². The highest BCUT2D eigenvalue weighted by Crippen LogP contribution is 2.07. The van der Waals surface area contributed by atoms with Crippen LogP contribution in [0.5, 0.6) is 0 Å². The van der Waals surface area contributed by atoms with Gasteiger partial charge in [-0.15, -0.1) is 0 Å². The second kappa shape index (κ2) is 8.26. The molecular weight excluding hydrogens is 210 g/mol. The minimum atomic E-state index is 0.473. The molecule has 0 aromatic heterocycles. The van der Waals surface area contributed by atoms with E-state index in [9.17, 15) is 0 Å². The highest BCUT2D eigenvalue weighted by molar-refractivity contribution is 5.21. The largest absolute Gasteiger partial charge is 0.383 e. The van der Waals surface area contributed by atoms with Crippen LogP contribution in [0, 0.1) is 6.92 Å². The van der Waals surface area contributed by atoms with Gasteiger partial charge in [-0.25, -0.2) is 0 Å². The van der Waals surface area contributed by atoms with Crippen molar-refractivity contribution in [3.05, 3.63) is 35.4 Å². The summed E-state index contributed by atoms with van der Waals surface area (Å²) in [5.74, 6) is 0. The molecular formula is C15H25NO. The molecule has 0 saturated heterocycles. The highest BCUT2D eigenvalue weighted by Gasteiger charge is 2.07. The van der Waals surface area contributed by atoms with Crippen LogP contribution in [-0.2, 0) is 11.2 Å². The van der Waals surface area contributed by atoms with Crippen LogP contribution in [0.3, 0.4) is 0 Å². The van der Waals surface area contributed by atoms with Gasteiger partial charge in [0.15, 0.2) is 0 Å². The van der Waals surface area contributed by atoms with E-state index in [0.29, 0.717) is 6.04 Å². The van der Waals surface area contributed by atoms with Gasteiger partial charge in [-0.2, -0.15) is 0 Å². The van der Waals surface area contributed by atoms with E-state index in [2.05, 4.69) is 43.4 Å². The smallest absolute Gasteiger partial charge is 0.0615 e. The Balaban J connectivity index is 2.37. The zero-order valence-electron chi connectivity index (χ0n) is 11.3. The third-order valence-corrected chi connectivity index (χ3v) is 2.95. The zero-order chi connectivity index (χ0) is 12.5. The van der Waals surface area contributed by atoms with E-state index in [1.54, 1.807) is 7.11 Å². The Bertz CT molecular complexity index is 294. The number of ether oxygens (including phenoxy) is 1. The average Bonchev–Trinajstić information content (AvgIpc) is 2.35. The minimum Gasteiger partial charge on any atom is -0.383 e. The number of benzene rings is 1. The van der Waals surface area contributed by atoms with Gasteiger partial charge in [-0.1, -0.05) is 36.8 Å². The summed E-state index contributed by atoms with van der Waals surface area (Å²) in [6, 6.07) is 9.28. The number of hydrogen-bond acceptors (Lipinski definition) is 2. The summed E-state index contributed by atoms with van der Waals surface area (Å²) < 4.78 is 5.25. The molecule has 1 rings (SSSR count). The molecule has 1 atom stereocenters. The molecule has 0 aliphatic carbocycles. The molecule has 0 aliphatic rings. The lowest BCUT2D eigenvalue weighted by Crippen LogP contribution is -2.34. The van der Waals surface area contributed by atoms with Crippen molar-refractivity contribution in [3.63, 3.8) is 0 Å². The predicted octanol–water partition coefficient (Wildman–Crippen LogP) is 2.94. The van der Waals surface area contributed by atoms with Crippen LogP contribution in [0.2, 0.25) is 0 Å². The van der Waals surface area contributed by atoms with Gasteiger partial charge < -0.3 is 10.1 Å². The summed E-state index contributed by atoms with van der Waals surface area (Å²) in [7, 11) is 1.77. The van der Waals surface area contributed by atoms with E-state index in [1.165, 1.54) is 17.5 Å². The molecule has 0 amide bonds. The van der Waals surface area contributed by atoms with Crippen molar-refractivity contribution in [2.45, 2.75) is 39.2 Å². The van der Waals surface area contributed by atoms with E-state index >= 15 is 0 Å². The number of rotatable bonds is 8. The van der Waals surface area contributed by atoms with E-state index in [0.717, 1.165) is 26.0 Å². The van der Waals surface area contributed by atoms with Crippen molar-refractivity contribution in [2.75, 3.05) is 20.3 Å². The van der Waals surface area contributed by atoms with Crippen LogP contribution in [0.25, 0.3) is 0 Å². The summed E-state index contributed by atoms with van der Waals surface area (Å²) in [6.45, 7) is 6.19. The molecule has 2 nitrogen and oxygen atoms in total. The van der Waals surface area contributed by atoms with Gasteiger partial charge >= 0.3 is 0 Å². The average molecular weight is 235 g/mol. The van der Waals surface area contributed by atoms with Gasteiger partial charge in [-0.05, 0) is 38.3 Å². The van der Waals surface area contributed by atoms with Crippen molar-refractivity contribution in [1.82, 2.24) is 5.32 Å². The van der Waals surface area contributed by atoms with Gasteiger partial charge in [0, 0.05) is 13.2 Å². The van der Waals surface area contributed by atoms with Crippen molar-refractivity contribution in [2.24, 2.45) is 0 Å². The summed E-state index contributed by atoms with van der Waals surface area (Å²) in [5.41, 5.74) is 2.74. The minimum absolute atomic E-state index is 0.473. The Morgan fingerprint density at radius 1 is 1.24 bits per heavy atom. The fourth-order valence-electron chi connectivity index (χ4n) is 1.89. The molecule has 96 valence electrons. The lowest BCUT2D eigenvalue weighted by Gasteiger charge is -2.17. The van der Waals surface area contributed by atoms with Crippen LogP contribution in [0.15, 0.2) is 24.3 Å². The monoisotopic (exact) mass is 235 g/mol. The van der Waals surface area contributed by atoms with E-state index in [4.69, 9.17) is 4.74 Å². The molecule has 0 radical (unpaired) electrons. The summed E-state index contributed by atoms with van der Waals surface area (Å²) in [4.78, 5) is 0. The van der Waals surface area contributed by atoms with Crippen molar-refractivity contribution in [3.8, 4) is 0 Å². The Morgan fingerprint density at radius 2 is 1.94 bits per heavy atom. The SMILES string of the molecule is CCCNC(CCc1ccc(C)cc1)COC. The molecule has 0 heterocycles. The van der Waals surface area contributed by atoms with Gasteiger partial charge in [0.2, 0.25) is 0 Å². The number of methoxy groups -OCH3 is 1. The van der Waals surface area contributed by atoms with Gasteiger partial charge in [0.25, 0.3) is 0 Å². The Morgan fingerprint density at radius 3 is 2.53 bits per heavy atom. The first kappa shape index (κ1) is 14.2. The molecule has 0 bridgehead atoms. The second-order valence-electron chi connectivity index (χ2n) is 4.63. The molecule has 1 N–H and O–H groups in total. The van der Waals surface area contributed by atoms with Crippen LogP contribution in [0.1, 0.15) is 30.9 Å². The normalized spacial score (nSPS) is 12.6.